The van der Waals surface area contributed by atoms with Crippen LogP contribution in [0.4, 0.5) is 5.69 Å². The zero-order chi connectivity index (χ0) is 10.3. The average molecular weight is 204 g/mol. The molecule has 3 heteroatoms. The molecule has 2 N–H and O–H groups in total. The van der Waals surface area contributed by atoms with Gasteiger partial charge < -0.3 is 15.4 Å². The fourth-order valence-electron chi connectivity index (χ4n) is 2.86. The van der Waals surface area contributed by atoms with E-state index in [4.69, 9.17) is 4.74 Å². The Labute approximate surface area is 89.8 Å². The van der Waals surface area contributed by atoms with Crippen LogP contribution < -0.4 is 15.4 Å². The minimum Gasteiger partial charge on any atom is -0.496 e. The zero-order valence-electron chi connectivity index (χ0n) is 8.97. The number of benzene rings is 1. The summed E-state index contributed by atoms with van der Waals surface area (Å²) < 4.78 is 5.48. The third kappa shape index (κ3) is 1.16. The second kappa shape index (κ2) is 3.14. The van der Waals surface area contributed by atoms with Gasteiger partial charge in [0.05, 0.1) is 7.11 Å². The first kappa shape index (κ1) is 9.04. The Morgan fingerprint density at radius 2 is 2.27 bits per heavy atom. The van der Waals surface area contributed by atoms with E-state index in [-0.39, 0.29) is 5.41 Å². The summed E-state index contributed by atoms with van der Waals surface area (Å²) in [5, 5.41) is 6.94. The molecule has 3 rings (SSSR count). The van der Waals surface area contributed by atoms with Crippen LogP contribution in [0, 0.1) is 0 Å². The zero-order valence-corrected chi connectivity index (χ0v) is 8.97. The van der Waals surface area contributed by atoms with E-state index in [9.17, 15) is 0 Å². The molecule has 0 radical (unpaired) electrons. The highest BCUT2D eigenvalue weighted by atomic mass is 16.5. The smallest absolute Gasteiger partial charge is 0.124 e. The van der Waals surface area contributed by atoms with Crippen LogP contribution in [0.25, 0.3) is 0 Å². The van der Waals surface area contributed by atoms with Crippen molar-refractivity contribution >= 4 is 5.69 Å². The summed E-state index contributed by atoms with van der Waals surface area (Å²) in [5.41, 5.74) is 2.89. The number of anilines is 1. The van der Waals surface area contributed by atoms with Gasteiger partial charge in [-0.2, -0.15) is 0 Å². The summed E-state index contributed by atoms with van der Waals surface area (Å²) in [4.78, 5) is 0. The van der Waals surface area contributed by atoms with Gasteiger partial charge in [0.1, 0.15) is 5.75 Å². The van der Waals surface area contributed by atoms with E-state index in [1.54, 1.807) is 7.11 Å². The fraction of sp³-hybridized carbons (Fsp3) is 0.500. The monoisotopic (exact) mass is 204 g/mol. The van der Waals surface area contributed by atoms with Crippen molar-refractivity contribution in [2.75, 3.05) is 32.1 Å². The van der Waals surface area contributed by atoms with Crippen LogP contribution in [0.1, 0.15) is 12.0 Å². The molecule has 80 valence electrons. The van der Waals surface area contributed by atoms with Gasteiger partial charge in [0.25, 0.3) is 0 Å². The molecular formula is C12H16N2O. The first-order valence-electron chi connectivity index (χ1n) is 5.48. The Kier molecular flexibility index (Phi) is 1.89. The molecule has 1 saturated heterocycles. The van der Waals surface area contributed by atoms with E-state index < -0.39 is 0 Å². The van der Waals surface area contributed by atoms with Crippen LogP contribution in [-0.4, -0.2) is 26.7 Å². The minimum absolute atomic E-state index is 0.266. The molecule has 2 heterocycles. The average Bonchev–Trinajstić information content (AvgIpc) is 2.89. The second-order valence-corrected chi connectivity index (χ2v) is 4.44. The number of fused-ring (bicyclic) bond motifs is 2. The SMILES string of the molecule is COc1cccc2c1C1(CCNC1)CN2. The van der Waals surface area contributed by atoms with Gasteiger partial charge in [-0.25, -0.2) is 0 Å². The number of methoxy groups -OCH3 is 1. The van der Waals surface area contributed by atoms with Crippen molar-refractivity contribution in [3.63, 3.8) is 0 Å². The molecule has 2 aliphatic heterocycles. The quantitative estimate of drug-likeness (QED) is 0.724. The molecule has 0 amide bonds. The number of hydrogen-bond acceptors (Lipinski definition) is 3. The Morgan fingerprint density at radius 1 is 1.33 bits per heavy atom. The molecule has 1 unspecified atom stereocenters. The normalized spacial score (nSPS) is 27.8. The van der Waals surface area contributed by atoms with E-state index in [1.807, 2.05) is 6.07 Å². The number of nitrogens with one attached hydrogen (secondary N) is 2. The van der Waals surface area contributed by atoms with Crippen molar-refractivity contribution in [3.8, 4) is 5.75 Å². The van der Waals surface area contributed by atoms with E-state index in [1.165, 1.54) is 17.7 Å². The molecule has 15 heavy (non-hydrogen) atoms. The maximum atomic E-state index is 5.48. The molecule has 3 nitrogen and oxygen atoms in total. The van der Waals surface area contributed by atoms with Gasteiger partial charge in [0, 0.05) is 29.8 Å². The molecule has 2 aliphatic rings. The lowest BCUT2D eigenvalue weighted by Crippen LogP contribution is -2.31. The highest BCUT2D eigenvalue weighted by Crippen LogP contribution is 2.45. The van der Waals surface area contributed by atoms with Crippen LogP contribution in [-0.2, 0) is 5.41 Å². The number of hydrogen-bond donors (Lipinski definition) is 2. The largest absolute Gasteiger partial charge is 0.496 e. The molecule has 0 aliphatic carbocycles. The Bertz CT molecular complexity index is 383. The molecule has 0 bridgehead atoms. The van der Waals surface area contributed by atoms with Gasteiger partial charge in [-0.15, -0.1) is 0 Å². The summed E-state index contributed by atoms with van der Waals surface area (Å²) >= 11 is 0. The summed E-state index contributed by atoms with van der Waals surface area (Å²) in [6.45, 7) is 3.21. The number of ether oxygens (including phenoxy) is 1. The third-order valence-corrected chi connectivity index (χ3v) is 3.64. The molecule has 1 aromatic rings. The third-order valence-electron chi connectivity index (χ3n) is 3.64. The summed E-state index contributed by atoms with van der Waals surface area (Å²) in [6, 6.07) is 6.25. The molecule has 0 saturated carbocycles. The standard InChI is InChI=1S/C12H16N2O/c1-15-10-4-2-3-9-11(10)12(8-14-9)5-6-13-7-12/h2-4,13-14H,5-8H2,1H3. The summed E-state index contributed by atoms with van der Waals surface area (Å²) in [7, 11) is 1.75. The van der Waals surface area contributed by atoms with E-state index >= 15 is 0 Å². The van der Waals surface area contributed by atoms with Crippen molar-refractivity contribution in [3.05, 3.63) is 23.8 Å². The van der Waals surface area contributed by atoms with Crippen molar-refractivity contribution in [2.24, 2.45) is 0 Å². The fourth-order valence-corrected chi connectivity index (χ4v) is 2.86. The van der Waals surface area contributed by atoms with Gasteiger partial charge in [-0.05, 0) is 25.1 Å². The summed E-state index contributed by atoms with van der Waals surface area (Å²) in [5.74, 6) is 1.03. The van der Waals surface area contributed by atoms with Crippen molar-refractivity contribution in [1.82, 2.24) is 5.32 Å². The minimum atomic E-state index is 0.266. The highest BCUT2D eigenvalue weighted by molar-refractivity contribution is 5.66. The van der Waals surface area contributed by atoms with Crippen LogP contribution in [0.2, 0.25) is 0 Å². The number of rotatable bonds is 1. The Morgan fingerprint density at radius 3 is 3.00 bits per heavy atom. The topological polar surface area (TPSA) is 33.3 Å². The first-order chi connectivity index (χ1) is 7.36. The highest BCUT2D eigenvalue weighted by Gasteiger charge is 2.43. The van der Waals surface area contributed by atoms with Gasteiger partial charge in [-0.1, -0.05) is 6.07 Å². The Balaban J connectivity index is 2.14. The van der Waals surface area contributed by atoms with Crippen molar-refractivity contribution < 1.29 is 4.74 Å². The lowest BCUT2D eigenvalue weighted by Gasteiger charge is -2.23. The van der Waals surface area contributed by atoms with Crippen molar-refractivity contribution in [1.29, 1.82) is 0 Å². The van der Waals surface area contributed by atoms with Gasteiger partial charge in [0.2, 0.25) is 0 Å². The maximum Gasteiger partial charge on any atom is 0.124 e. The maximum absolute atomic E-state index is 5.48. The molecule has 0 aromatic heterocycles. The van der Waals surface area contributed by atoms with Crippen LogP contribution in [0.5, 0.6) is 5.75 Å². The van der Waals surface area contributed by atoms with E-state index in [0.29, 0.717) is 0 Å². The van der Waals surface area contributed by atoms with Crippen LogP contribution in [0.3, 0.4) is 0 Å². The predicted molar refractivity (Wildman–Crippen MR) is 60.6 cm³/mol. The van der Waals surface area contributed by atoms with E-state index in [2.05, 4.69) is 22.8 Å². The van der Waals surface area contributed by atoms with Gasteiger partial charge >= 0.3 is 0 Å². The lowest BCUT2D eigenvalue weighted by molar-refractivity contribution is 0.394. The van der Waals surface area contributed by atoms with E-state index in [0.717, 1.165) is 25.4 Å². The lowest BCUT2D eigenvalue weighted by atomic mass is 9.81. The van der Waals surface area contributed by atoms with Gasteiger partial charge in [-0.3, -0.25) is 0 Å². The molecule has 1 atom stereocenters. The van der Waals surface area contributed by atoms with Crippen LogP contribution in [0.15, 0.2) is 18.2 Å². The second-order valence-electron chi connectivity index (χ2n) is 4.44. The van der Waals surface area contributed by atoms with Gasteiger partial charge in [0.15, 0.2) is 0 Å². The van der Waals surface area contributed by atoms with Crippen LogP contribution >= 0.6 is 0 Å². The molecule has 1 spiro atoms. The first-order valence-corrected chi connectivity index (χ1v) is 5.48. The Hall–Kier alpha value is -1.22. The molecular weight excluding hydrogens is 188 g/mol. The van der Waals surface area contributed by atoms with Crippen molar-refractivity contribution in [2.45, 2.75) is 11.8 Å². The molecule has 1 aromatic carbocycles. The predicted octanol–water partition coefficient (Wildman–Crippen LogP) is 1.35. The molecule has 1 fully saturated rings. The summed E-state index contributed by atoms with van der Waals surface area (Å²) in [6.07, 6.45) is 1.20.